The van der Waals surface area contributed by atoms with Gasteiger partial charge in [-0.05, 0) is 0 Å². The van der Waals surface area contributed by atoms with E-state index < -0.39 is 5.09 Å². The van der Waals surface area contributed by atoms with Crippen molar-refractivity contribution in [3.05, 3.63) is 10.1 Å². The third-order valence-corrected chi connectivity index (χ3v) is 0.287. The molecule has 0 heterocycles. The zero-order chi connectivity index (χ0) is 8.57. The average Bonchev–Trinajstić information content (AvgIpc) is 1.85. The van der Waals surface area contributed by atoms with Crippen molar-refractivity contribution in [2.24, 2.45) is 22.5 Å². The van der Waals surface area contributed by atoms with E-state index in [-0.39, 0.29) is 5.96 Å². The van der Waals surface area contributed by atoms with Crippen LogP contribution in [-0.2, 0) is 0 Å². The van der Waals surface area contributed by atoms with Crippen LogP contribution in [0, 0.1) is 10.1 Å². The summed E-state index contributed by atoms with van der Waals surface area (Å²) in [6, 6.07) is 0. The fourth-order valence-electron chi connectivity index (χ4n) is 0.0373. The van der Waals surface area contributed by atoms with Gasteiger partial charge in [0.25, 0.3) is 5.09 Å². The molecule has 10 heavy (non-hydrogen) atoms. The molecule has 60 valence electrons. The van der Waals surface area contributed by atoms with Crippen LogP contribution in [0.5, 0.6) is 0 Å². The van der Waals surface area contributed by atoms with E-state index in [1.165, 1.54) is 0 Å². The summed E-state index contributed by atoms with van der Waals surface area (Å²) in [4.78, 5) is 8.36. The third-order valence-electron chi connectivity index (χ3n) is 0.287. The van der Waals surface area contributed by atoms with E-state index in [0.717, 1.165) is 0 Å². The fraction of sp³-hybridized carbons (Fsp3) is 0. The van der Waals surface area contributed by atoms with Crippen LogP contribution in [0.4, 0.5) is 0 Å². The van der Waals surface area contributed by atoms with Crippen LogP contribution < -0.4 is 22.8 Å². The molecule has 0 rings (SSSR count). The van der Waals surface area contributed by atoms with Gasteiger partial charge in [0, 0.05) is 0 Å². The number of hydrogen-bond donors (Lipinski definition) is 5. The van der Waals surface area contributed by atoms with Crippen molar-refractivity contribution in [2.75, 3.05) is 0 Å². The highest BCUT2D eigenvalue weighted by molar-refractivity contribution is 5.76. The maximum absolute atomic E-state index is 8.36. The number of hydrogen-bond acceptors (Lipinski definition) is 5. The minimum absolute atomic E-state index is 0.0231. The summed E-state index contributed by atoms with van der Waals surface area (Å²) in [6.07, 6.45) is 0. The van der Waals surface area contributed by atoms with E-state index in [9.17, 15) is 0 Å². The number of nitrogens with two attached hydrogens (primary N) is 3. The number of hydrazine groups is 1. The quantitative estimate of drug-likeness (QED) is 0.0826. The van der Waals surface area contributed by atoms with Gasteiger partial charge in [-0.2, -0.15) is 0 Å². The molecular formula is CH8N6O3. The maximum atomic E-state index is 8.36. The number of nitrogens with zero attached hydrogens (tertiary/aromatic N) is 2. The van der Waals surface area contributed by atoms with Crippen LogP contribution in [0.3, 0.4) is 0 Å². The Labute approximate surface area is 55.6 Å². The van der Waals surface area contributed by atoms with E-state index in [1.54, 1.807) is 0 Å². The zero-order valence-electron chi connectivity index (χ0n) is 4.89. The second-order valence-corrected chi connectivity index (χ2v) is 0.897. The topological polar surface area (TPSA) is 166 Å². The SMILES string of the molecule is N/N=C(/N)NN.O=[N+]([O-])O. The van der Waals surface area contributed by atoms with E-state index in [1.807, 2.05) is 5.43 Å². The molecule has 0 aliphatic rings. The first-order valence-electron chi connectivity index (χ1n) is 1.87. The molecule has 0 fully saturated rings. The van der Waals surface area contributed by atoms with Crippen molar-refractivity contribution in [3.63, 3.8) is 0 Å². The normalized spacial score (nSPS) is 9.10. The molecule has 0 saturated heterocycles. The Kier molecular flexibility index (Phi) is 8.01. The van der Waals surface area contributed by atoms with Gasteiger partial charge in [-0.25, -0.2) is 5.84 Å². The van der Waals surface area contributed by atoms with Gasteiger partial charge >= 0.3 is 0 Å². The van der Waals surface area contributed by atoms with Gasteiger partial charge in [-0.3, -0.25) is 5.43 Å². The molecule has 0 aliphatic carbocycles. The van der Waals surface area contributed by atoms with Crippen LogP contribution >= 0.6 is 0 Å². The lowest BCUT2D eigenvalue weighted by Crippen LogP contribution is -2.37. The molecule has 0 atom stereocenters. The first-order valence-corrected chi connectivity index (χ1v) is 1.87. The van der Waals surface area contributed by atoms with Crippen LogP contribution in [0.15, 0.2) is 5.10 Å². The predicted molar refractivity (Wildman–Crippen MR) is 31.9 cm³/mol. The Morgan fingerprint density at radius 3 is 2.10 bits per heavy atom. The number of nitrogens with one attached hydrogen (secondary N) is 1. The van der Waals surface area contributed by atoms with Crippen molar-refractivity contribution in [1.29, 1.82) is 0 Å². The molecule has 0 aromatic heterocycles. The lowest BCUT2D eigenvalue weighted by atomic mass is 11.1. The Balaban J connectivity index is 0. The first kappa shape index (κ1) is 11.1. The molecule has 0 aliphatic heterocycles. The summed E-state index contributed by atoms with van der Waals surface area (Å²) >= 11 is 0. The molecule has 0 amide bonds. The van der Waals surface area contributed by atoms with Gasteiger partial charge in [0.2, 0.25) is 5.96 Å². The summed E-state index contributed by atoms with van der Waals surface area (Å²) in [7, 11) is 0. The highest BCUT2D eigenvalue weighted by Crippen LogP contribution is 1.38. The van der Waals surface area contributed by atoms with E-state index in [0.29, 0.717) is 0 Å². The van der Waals surface area contributed by atoms with Crippen molar-refractivity contribution in [1.82, 2.24) is 5.43 Å². The Morgan fingerprint density at radius 2 is 2.10 bits per heavy atom. The van der Waals surface area contributed by atoms with Crippen LogP contribution in [-0.4, -0.2) is 16.3 Å². The molecule has 0 saturated carbocycles. The van der Waals surface area contributed by atoms with Crippen LogP contribution in [0.25, 0.3) is 0 Å². The fourth-order valence-corrected chi connectivity index (χ4v) is 0.0373. The van der Waals surface area contributed by atoms with Gasteiger partial charge in [-0.15, -0.1) is 15.2 Å². The summed E-state index contributed by atoms with van der Waals surface area (Å²) in [5.74, 6) is 9.32. The molecule has 8 N–H and O–H groups in total. The van der Waals surface area contributed by atoms with Crippen molar-refractivity contribution >= 4 is 5.96 Å². The average molecular weight is 152 g/mol. The number of hydrazone groups is 1. The van der Waals surface area contributed by atoms with Gasteiger partial charge in [-0.1, -0.05) is 0 Å². The molecule has 9 nitrogen and oxygen atoms in total. The zero-order valence-corrected chi connectivity index (χ0v) is 4.89. The predicted octanol–water partition coefficient (Wildman–Crippen LogP) is -2.71. The standard InChI is InChI=1S/CH7N5.HNO3/c2-1(5-3)6-4;2-1(3)4/h3-4H2,(H3,2,5,6);(H,2,3,4). The summed E-state index contributed by atoms with van der Waals surface area (Å²) in [6.45, 7) is 0. The van der Waals surface area contributed by atoms with Gasteiger partial charge < -0.3 is 16.8 Å². The number of guanidine groups is 1. The molecule has 0 aromatic carbocycles. The lowest BCUT2D eigenvalue weighted by molar-refractivity contribution is -0.742. The molecule has 0 radical (unpaired) electrons. The van der Waals surface area contributed by atoms with Crippen molar-refractivity contribution < 1.29 is 10.3 Å². The Bertz CT molecular complexity index is 116. The third kappa shape index (κ3) is 34.3. The maximum Gasteiger partial charge on any atom is 0.291 e. The molecular weight excluding hydrogens is 144 g/mol. The van der Waals surface area contributed by atoms with Gasteiger partial charge in [0.05, 0.1) is 0 Å². The van der Waals surface area contributed by atoms with Crippen LogP contribution in [0.2, 0.25) is 0 Å². The highest BCUT2D eigenvalue weighted by atomic mass is 16.9. The summed E-state index contributed by atoms with van der Waals surface area (Å²) in [5.41, 5.74) is 6.88. The highest BCUT2D eigenvalue weighted by Gasteiger charge is 1.73. The second kappa shape index (κ2) is 7.23. The molecule has 0 aromatic rings. The first-order chi connectivity index (χ1) is 4.54. The molecule has 0 bridgehead atoms. The minimum atomic E-state index is -1.50. The Morgan fingerprint density at radius 1 is 1.80 bits per heavy atom. The van der Waals surface area contributed by atoms with Crippen molar-refractivity contribution in [2.45, 2.75) is 0 Å². The van der Waals surface area contributed by atoms with E-state index >= 15 is 0 Å². The van der Waals surface area contributed by atoms with E-state index in [2.05, 4.69) is 10.9 Å². The van der Waals surface area contributed by atoms with Gasteiger partial charge in [0.1, 0.15) is 0 Å². The summed E-state index contributed by atoms with van der Waals surface area (Å²) < 4.78 is 0. The van der Waals surface area contributed by atoms with Gasteiger partial charge in [0.15, 0.2) is 0 Å². The number of rotatable bonds is 0. The summed E-state index contributed by atoms with van der Waals surface area (Å²) in [5, 5.41) is 16.6. The largest absolute Gasteiger partial charge is 0.367 e. The Hall–Kier alpha value is -1.77. The molecule has 0 unspecified atom stereocenters. The molecule has 0 spiro atoms. The lowest BCUT2D eigenvalue weighted by Gasteiger charge is -1.89. The van der Waals surface area contributed by atoms with E-state index in [4.69, 9.17) is 26.9 Å². The molecule has 9 heteroatoms. The smallest absolute Gasteiger partial charge is 0.291 e. The second-order valence-electron chi connectivity index (χ2n) is 0.897. The van der Waals surface area contributed by atoms with Crippen molar-refractivity contribution in [3.8, 4) is 0 Å². The monoisotopic (exact) mass is 152 g/mol. The van der Waals surface area contributed by atoms with Crippen LogP contribution in [0.1, 0.15) is 0 Å². The minimum Gasteiger partial charge on any atom is -0.367 e.